The van der Waals surface area contributed by atoms with Gasteiger partial charge in [-0.05, 0) is 45.7 Å². The van der Waals surface area contributed by atoms with Crippen molar-refractivity contribution in [3.8, 4) is 5.75 Å². The number of nitrogens with one attached hydrogen (secondary N) is 1. The van der Waals surface area contributed by atoms with Gasteiger partial charge in [-0.2, -0.15) is 0 Å². The summed E-state index contributed by atoms with van der Waals surface area (Å²) in [6, 6.07) is 3.29. The Morgan fingerprint density at radius 1 is 1.32 bits per heavy atom. The minimum absolute atomic E-state index is 0.0773. The summed E-state index contributed by atoms with van der Waals surface area (Å²) < 4.78 is 16.3. The number of anilines is 1. The molecule has 150 valence electrons. The molecule has 0 aromatic carbocycles. The predicted molar refractivity (Wildman–Crippen MR) is 100 cm³/mol. The average molecular weight is 388 g/mol. The van der Waals surface area contributed by atoms with E-state index in [9.17, 15) is 9.59 Å². The van der Waals surface area contributed by atoms with Crippen LogP contribution in [0, 0.1) is 0 Å². The van der Waals surface area contributed by atoms with Crippen molar-refractivity contribution in [2.24, 2.45) is 0 Å². The van der Waals surface area contributed by atoms with Crippen molar-refractivity contribution < 1.29 is 23.5 Å². The summed E-state index contributed by atoms with van der Waals surface area (Å²) in [6.07, 6.45) is 5.61. The van der Waals surface area contributed by atoms with E-state index in [1.165, 1.54) is 18.7 Å². The Kier molecular flexibility index (Phi) is 5.81. The number of nitrogens with zero attached hydrogens (tertiary/aromatic N) is 3. The zero-order valence-electron chi connectivity index (χ0n) is 16.2. The standard InChI is InChI=1S/C19H24N4O5/c1-19(2,3)28-18(25)23-10-5-6-13(23)12-27-14-7-4-8-20-15(14)16(24)22-17-21-9-11-26-17/h4,7-9,11,13H,5-6,10,12H2,1-3H3,(H,21,22,24)/t13-/m1/s1. The topological polar surface area (TPSA) is 107 Å². The maximum atomic E-state index is 12.4. The Morgan fingerprint density at radius 2 is 2.14 bits per heavy atom. The van der Waals surface area contributed by atoms with Crippen molar-refractivity contribution in [1.82, 2.24) is 14.9 Å². The molecule has 2 amide bonds. The Morgan fingerprint density at radius 3 is 2.86 bits per heavy atom. The molecule has 0 radical (unpaired) electrons. The van der Waals surface area contributed by atoms with Gasteiger partial charge in [0.15, 0.2) is 11.4 Å². The van der Waals surface area contributed by atoms with E-state index in [-0.39, 0.29) is 30.5 Å². The van der Waals surface area contributed by atoms with Crippen LogP contribution in [0.15, 0.2) is 35.2 Å². The fraction of sp³-hybridized carbons (Fsp3) is 0.474. The van der Waals surface area contributed by atoms with Gasteiger partial charge in [-0.3, -0.25) is 10.1 Å². The number of pyridine rings is 1. The highest BCUT2D eigenvalue weighted by Gasteiger charge is 2.33. The van der Waals surface area contributed by atoms with Crippen LogP contribution in [0.5, 0.6) is 5.75 Å². The lowest BCUT2D eigenvalue weighted by Gasteiger charge is -2.28. The number of ether oxygens (including phenoxy) is 2. The van der Waals surface area contributed by atoms with Crippen molar-refractivity contribution in [3.05, 3.63) is 36.5 Å². The number of carbonyl (C=O) groups excluding carboxylic acids is 2. The number of amides is 2. The smallest absolute Gasteiger partial charge is 0.410 e. The molecule has 0 saturated carbocycles. The molecule has 2 aromatic rings. The first-order chi connectivity index (χ1) is 13.3. The van der Waals surface area contributed by atoms with E-state index in [1.807, 2.05) is 20.8 Å². The summed E-state index contributed by atoms with van der Waals surface area (Å²) in [6.45, 7) is 6.36. The molecule has 0 spiro atoms. The van der Waals surface area contributed by atoms with Crippen molar-refractivity contribution >= 4 is 18.0 Å². The van der Waals surface area contributed by atoms with Gasteiger partial charge in [-0.15, -0.1) is 0 Å². The first-order valence-electron chi connectivity index (χ1n) is 9.12. The summed E-state index contributed by atoms with van der Waals surface area (Å²) in [5, 5.41) is 2.52. The third kappa shape index (κ3) is 4.99. The van der Waals surface area contributed by atoms with Crippen molar-refractivity contribution in [1.29, 1.82) is 0 Å². The second-order valence-corrected chi connectivity index (χ2v) is 7.42. The molecule has 1 atom stereocenters. The van der Waals surface area contributed by atoms with Crippen LogP contribution in [0.1, 0.15) is 44.1 Å². The molecule has 2 aromatic heterocycles. The van der Waals surface area contributed by atoms with E-state index in [2.05, 4.69) is 15.3 Å². The maximum Gasteiger partial charge on any atom is 0.410 e. The molecule has 0 unspecified atom stereocenters. The highest BCUT2D eigenvalue weighted by molar-refractivity contribution is 6.03. The van der Waals surface area contributed by atoms with Crippen LogP contribution >= 0.6 is 0 Å². The summed E-state index contributed by atoms with van der Waals surface area (Å²) in [5.74, 6) is -0.170. The number of hydrogen-bond donors (Lipinski definition) is 1. The van der Waals surface area contributed by atoms with Crippen molar-refractivity contribution in [2.45, 2.75) is 45.3 Å². The fourth-order valence-corrected chi connectivity index (χ4v) is 2.87. The van der Waals surface area contributed by atoms with Gasteiger partial charge in [0.1, 0.15) is 18.5 Å². The van der Waals surface area contributed by atoms with E-state index in [0.29, 0.717) is 12.3 Å². The molecular formula is C19H24N4O5. The second-order valence-electron chi connectivity index (χ2n) is 7.42. The SMILES string of the molecule is CC(C)(C)OC(=O)N1CCC[C@@H]1COc1cccnc1C(=O)Nc1ncco1. The van der Waals surface area contributed by atoms with Gasteiger partial charge < -0.3 is 18.8 Å². The monoisotopic (exact) mass is 388 g/mol. The van der Waals surface area contributed by atoms with Gasteiger partial charge in [-0.25, -0.2) is 14.8 Å². The lowest BCUT2D eigenvalue weighted by Crippen LogP contribution is -2.42. The molecule has 0 bridgehead atoms. The van der Waals surface area contributed by atoms with E-state index in [0.717, 1.165) is 12.8 Å². The summed E-state index contributed by atoms with van der Waals surface area (Å²) in [7, 11) is 0. The molecule has 1 aliphatic rings. The number of carbonyl (C=O) groups is 2. The molecule has 3 rings (SSSR count). The molecule has 1 N–H and O–H groups in total. The number of likely N-dealkylation sites (tertiary alicyclic amines) is 1. The first-order valence-corrected chi connectivity index (χ1v) is 9.12. The summed E-state index contributed by atoms with van der Waals surface area (Å²) in [4.78, 5) is 34.4. The van der Waals surface area contributed by atoms with Gasteiger partial charge in [0.05, 0.1) is 12.2 Å². The van der Waals surface area contributed by atoms with E-state index < -0.39 is 11.5 Å². The highest BCUT2D eigenvalue weighted by Crippen LogP contribution is 2.23. The van der Waals surface area contributed by atoms with E-state index in [1.54, 1.807) is 17.0 Å². The molecule has 28 heavy (non-hydrogen) atoms. The first kappa shape index (κ1) is 19.7. The zero-order chi connectivity index (χ0) is 20.1. The molecule has 1 aliphatic heterocycles. The fourth-order valence-electron chi connectivity index (χ4n) is 2.87. The van der Waals surface area contributed by atoms with Crippen LogP contribution in [0.2, 0.25) is 0 Å². The minimum atomic E-state index is -0.556. The molecule has 3 heterocycles. The minimum Gasteiger partial charge on any atom is -0.489 e. The number of hydrogen-bond acceptors (Lipinski definition) is 7. The Hall–Kier alpha value is -3.10. The molecular weight excluding hydrogens is 364 g/mol. The molecule has 1 fully saturated rings. The number of oxazole rings is 1. The summed E-state index contributed by atoms with van der Waals surface area (Å²) in [5.41, 5.74) is -0.443. The van der Waals surface area contributed by atoms with E-state index >= 15 is 0 Å². The quantitative estimate of drug-likeness (QED) is 0.838. The van der Waals surface area contributed by atoms with Gasteiger partial charge in [0, 0.05) is 12.7 Å². The van der Waals surface area contributed by atoms with Gasteiger partial charge in [-0.1, -0.05) is 0 Å². The third-order valence-electron chi connectivity index (χ3n) is 4.07. The van der Waals surface area contributed by atoms with Crippen molar-refractivity contribution in [2.75, 3.05) is 18.5 Å². The largest absolute Gasteiger partial charge is 0.489 e. The average Bonchev–Trinajstić information content (AvgIpc) is 3.30. The number of aromatic nitrogens is 2. The van der Waals surface area contributed by atoms with Crippen LogP contribution < -0.4 is 10.1 Å². The van der Waals surface area contributed by atoms with Crippen LogP contribution in [0.4, 0.5) is 10.8 Å². The van der Waals surface area contributed by atoms with Crippen molar-refractivity contribution in [3.63, 3.8) is 0 Å². The van der Waals surface area contributed by atoms with Crippen LogP contribution in [0.25, 0.3) is 0 Å². The van der Waals surface area contributed by atoms with Crippen LogP contribution in [0.3, 0.4) is 0 Å². The van der Waals surface area contributed by atoms with Crippen LogP contribution in [-0.4, -0.2) is 51.7 Å². The molecule has 1 saturated heterocycles. The molecule has 0 aliphatic carbocycles. The lowest BCUT2D eigenvalue weighted by atomic mass is 10.2. The van der Waals surface area contributed by atoms with Gasteiger partial charge >= 0.3 is 12.1 Å². The molecule has 9 nitrogen and oxygen atoms in total. The number of rotatable bonds is 5. The predicted octanol–water partition coefficient (Wildman–Crippen LogP) is 3.10. The molecule has 9 heteroatoms. The van der Waals surface area contributed by atoms with E-state index in [4.69, 9.17) is 13.9 Å². The Labute approximate surface area is 163 Å². The summed E-state index contributed by atoms with van der Waals surface area (Å²) >= 11 is 0. The lowest BCUT2D eigenvalue weighted by molar-refractivity contribution is 0.0186. The zero-order valence-corrected chi connectivity index (χ0v) is 16.2. The van der Waals surface area contributed by atoms with Gasteiger partial charge in [0.2, 0.25) is 0 Å². The second kappa shape index (κ2) is 8.28. The Balaban J connectivity index is 1.64. The normalized spacial score (nSPS) is 16.7. The highest BCUT2D eigenvalue weighted by atomic mass is 16.6. The Bertz CT molecular complexity index is 816. The maximum absolute atomic E-state index is 12.4. The van der Waals surface area contributed by atoms with Crippen LogP contribution in [-0.2, 0) is 4.74 Å². The third-order valence-corrected chi connectivity index (χ3v) is 4.07. The van der Waals surface area contributed by atoms with Gasteiger partial charge in [0.25, 0.3) is 5.91 Å².